The molecular formula is C9H14N2O3. The summed E-state index contributed by atoms with van der Waals surface area (Å²) in [6, 6.07) is 3.80. The molecule has 5 heteroatoms. The van der Waals surface area contributed by atoms with E-state index in [0.29, 0.717) is 5.69 Å². The molecule has 0 radical (unpaired) electrons. The second kappa shape index (κ2) is 5.80. The fourth-order valence-corrected chi connectivity index (χ4v) is 0.838. The molecule has 0 bridgehead atoms. The quantitative estimate of drug-likeness (QED) is 0.434. The first-order valence-corrected chi connectivity index (χ1v) is 4.30. The highest BCUT2D eigenvalue weighted by Gasteiger charge is 2.08. The third-order valence-corrected chi connectivity index (χ3v) is 1.46. The Morgan fingerprint density at radius 1 is 1.43 bits per heavy atom. The number of hydrogen-bond donors (Lipinski definition) is 2. The van der Waals surface area contributed by atoms with Crippen molar-refractivity contribution < 1.29 is 10.0 Å². The van der Waals surface area contributed by atoms with Crippen molar-refractivity contribution in [1.82, 2.24) is 0 Å². The topological polar surface area (TPSA) is 75.4 Å². The molecule has 14 heavy (non-hydrogen) atoms. The minimum Gasteiger partial charge on any atom is -0.506 e. The Balaban J connectivity index is 0.000000791. The number of hydrogen-bond acceptors (Lipinski definition) is 4. The fourth-order valence-electron chi connectivity index (χ4n) is 0.838. The molecule has 1 aromatic carbocycles. The van der Waals surface area contributed by atoms with Gasteiger partial charge in [-0.25, -0.2) is 0 Å². The lowest BCUT2D eigenvalue weighted by molar-refractivity contribution is -0.384. The van der Waals surface area contributed by atoms with Crippen LogP contribution in [-0.4, -0.2) is 17.1 Å². The first kappa shape index (κ1) is 12.2. The third kappa shape index (κ3) is 2.93. The van der Waals surface area contributed by atoms with E-state index >= 15 is 0 Å². The van der Waals surface area contributed by atoms with Crippen LogP contribution in [0.25, 0.3) is 0 Å². The van der Waals surface area contributed by atoms with Crippen LogP contribution < -0.4 is 5.32 Å². The number of nitrogens with one attached hydrogen (secondary N) is 1. The van der Waals surface area contributed by atoms with Crippen LogP contribution >= 0.6 is 0 Å². The average Bonchev–Trinajstić information content (AvgIpc) is 2.21. The van der Waals surface area contributed by atoms with Gasteiger partial charge in [0.15, 0.2) is 0 Å². The number of non-ortho nitro benzene ring substituents is 1. The molecule has 0 aliphatic heterocycles. The summed E-state index contributed by atoms with van der Waals surface area (Å²) in [5, 5.41) is 22.0. The smallest absolute Gasteiger partial charge is 0.271 e. The summed E-state index contributed by atoms with van der Waals surface area (Å²) in [7, 11) is 1.58. The SMILES string of the molecule is CC.CNc1cc([N+](=O)[O-])ccc1O. The number of nitro benzene ring substituents is 1. The summed E-state index contributed by atoms with van der Waals surface area (Å²) in [6.07, 6.45) is 0. The Kier molecular flexibility index (Phi) is 5.06. The standard InChI is InChI=1S/C7H8N2O3.C2H6/c1-8-6-4-5(9(11)12)2-3-7(6)10;1-2/h2-4,8,10H,1H3;1-2H3. The predicted octanol–water partition coefficient (Wildman–Crippen LogP) is 2.37. The van der Waals surface area contributed by atoms with E-state index in [-0.39, 0.29) is 11.4 Å². The molecule has 1 aromatic rings. The van der Waals surface area contributed by atoms with E-state index in [1.807, 2.05) is 13.8 Å². The second-order valence-corrected chi connectivity index (χ2v) is 2.21. The molecule has 2 N–H and O–H groups in total. The zero-order valence-corrected chi connectivity index (χ0v) is 8.44. The first-order chi connectivity index (χ1) is 6.65. The van der Waals surface area contributed by atoms with Crippen molar-refractivity contribution in [3.8, 4) is 5.75 Å². The van der Waals surface area contributed by atoms with E-state index in [0.717, 1.165) is 0 Å². The molecule has 0 amide bonds. The molecule has 1 rings (SSSR count). The van der Waals surface area contributed by atoms with Gasteiger partial charge in [-0.05, 0) is 6.07 Å². The highest BCUT2D eigenvalue weighted by molar-refractivity contribution is 5.60. The van der Waals surface area contributed by atoms with Crippen molar-refractivity contribution in [3.63, 3.8) is 0 Å². The maximum Gasteiger partial charge on any atom is 0.271 e. The highest BCUT2D eigenvalue weighted by atomic mass is 16.6. The monoisotopic (exact) mass is 198 g/mol. The van der Waals surface area contributed by atoms with Gasteiger partial charge >= 0.3 is 0 Å². The Hall–Kier alpha value is -1.78. The fraction of sp³-hybridized carbons (Fsp3) is 0.333. The third-order valence-electron chi connectivity index (χ3n) is 1.46. The highest BCUT2D eigenvalue weighted by Crippen LogP contribution is 2.26. The van der Waals surface area contributed by atoms with Gasteiger partial charge in [0.25, 0.3) is 5.69 Å². The van der Waals surface area contributed by atoms with E-state index in [1.165, 1.54) is 18.2 Å². The van der Waals surface area contributed by atoms with Gasteiger partial charge < -0.3 is 10.4 Å². The molecule has 0 spiro atoms. The largest absolute Gasteiger partial charge is 0.506 e. The average molecular weight is 198 g/mol. The minimum absolute atomic E-state index is 0.00287. The van der Waals surface area contributed by atoms with Gasteiger partial charge in [0.2, 0.25) is 0 Å². The van der Waals surface area contributed by atoms with Crippen molar-refractivity contribution in [2.45, 2.75) is 13.8 Å². The molecule has 0 heterocycles. The summed E-state index contributed by atoms with van der Waals surface area (Å²) >= 11 is 0. The zero-order valence-electron chi connectivity index (χ0n) is 8.44. The molecular weight excluding hydrogens is 184 g/mol. The van der Waals surface area contributed by atoms with E-state index in [2.05, 4.69) is 5.32 Å². The van der Waals surface area contributed by atoms with Gasteiger partial charge in [0.1, 0.15) is 5.75 Å². The van der Waals surface area contributed by atoms with Crippen LogP contribution in [0.3, 0.4) is 0 Å². The number of nitro groups is 1. The molecule has 0 atom stereocenters. The van der Waals surface area contributed by atoms with Crippen LogP contribution in [-0.2, 0) is 0 Å². The number of aromatic hydroxyl groups is 1. The number of benzene rings is 1. The van der Waals surface area contributed by atoms with Crippen LogP contribution in [0.2, 0.25) is 0 Å². The van der Waals surface area contributed by atoms with Crippen LogP contribution in [0.4, 0.5) is 11.4 Å². The van der Waals surface area contributed by atoms with Gasteiger partial charge in [-0.1, -0.05) is 13.8 Å². The van der Waals surface area contributed by atoms with Gasteiger partial charge in [0.05, 0.1) is 10.6 Å². The van der Waals surface area contributed by atoms with E-state index in [9.17, 15) is 10.1 Å². The van der Waals surface area contributed by atoms with Gasteiger partial charge in [-0.2, -0.15) is 0 Å². The van der Waals surface area contributed by atoms with Crippen LogP contribution in [0.15, 0.2) is 18.2 Å². The summed E-state index contributed by atoms with van der Waals surface area (Å²) in [5.41, 5.74) is 0.307. The Bertz CT molecular complexity index is 313. The molecule has 0 unspecified atom stereocenters. The van der Waals surface area contributed by atoms with Crippen molar-refractivity contribution in [3.05, 3.63) is 28.3 Å². The molecule has 0 saturated carbocycles. The Labute approximate surface area is 82.5 Å². The molecule has 5 nitrogen and oxygen atoms in total. The lowest BCUT2D eigenvalue weighted by Gasteiger charge is -2.01. The second-order valence-electron chi connectivity index (χ2n) is 2.21. The number of phenols is 1. The Morgan fingerprint density at radius 2 is 2.00 bits per heavy atom. The Morgan fingerprint density at radius 3 is 2.43 bits per heavy atom. The summed E-state index contributed by atoms with van der Waals surface area (Å²) < 4.78 is 0. The molecule has 0 saturated heterocycles. The maximum atomic E-state index is 10.3. The number of anilines is 1. The summed E-state index contributed by atoms with van der Waals surface area (Å²) in [4.78, 5) is 9.76. The maximum absolute atomic E-state index is 10.3. The van der Waals surface area contributed by atoms with E-state index in [4.69, 9.17) is 5.11 Å². The van der Waals surface area contributed by atoms with Crippen LogP contribution in [0, 0.1) is 10.1 Å². The van der Waals surface area contributed by atoms with Gasteiger partial charge in [-0.15, -0.1) is 0 Å². The van der Waals surface area contributed by atoms with Crippen LogP contribution in [0.1, 0.15) is 13.8 Å². The lowest BCUT2D eigenvalue weighted by Crippen LogP contribution is -1.92. The summed E-state index contributed by atoms with van der Waals surface area (Å²) in [6.45, 7) is 4.00. The molecule has 0 aromatic heterocycles. The first-order valence-electron chi connectivity index (χ1n) is 4.30. The number of phenolic OH excluding ortho intramolecular Hbond substituents is 1. The molecule has 0 aliphatic rings. The van der Waals surface area contributed by atoms with E-state index < -0.39 is 4.92 Å². The molecule has 0 aliphatic carbocycles. The number of nitrogens with zero attached hydrogens (tertiary/aromatic N) is 1. The van der Waals surface area contributed by atoms with Gasteiger partial charge in [0, 0.05) is 19.2 Å². The van der Waals surface area contributed by atoms with Gasteiger partial charge in [-0.3, -0.25) is 10.1 Å². The van der Waals surface area contributed by atoms with Crippen molar-refractivity contribution in [1.29, 1.82) is 0 Å². The van der Waals surface area contributed by atoms with E-state index in [1.54, 1.807) is 7.05 Å². The van der Waals surface area contributed by atoms with Crippen LogP contribution in [0.5, 0.6) is 5.75 Å². The number of rotatable bonds is 2. The minimum atomic E-state index is -0.514. The van der Waals surface area contributed by atoms with Crippen molar-refractivity contribution >= 4 is 11.4 Å². The van der Waals surface area contributed by atoms with Crippen molar-refractivity contribution in [2.24, 2.45) is 0 Å². The normalized spacial score (nSPS) is 8.50. The molecule has 0 fully saturated rings. The zero-order chi connectivity index (χ0) is 11.1. The molecule has 78 valence electrons. The summed E-state index contributed by atoms with van der Waals surface area (Å²) in [5.74, 6) is 0.00287. The predicted molar refractivity (Wildman–Crippen MR) is 55.7 cm³/mol. The lowest BCUT2D eigenvalue weighted by atomic mass is 10.2. The van der Waals surface area contributed by atoms with Crippen molar-refractivity contribution in [2.75, 3.05) is 12.4 Å².